The molecule has 2 atom stereocenters. The van der Waals surface area contributed by atoms with Crippen LogP contribution in [0.5, 0.6) is 0 Å². The van der Waals surface area contributed by atoms with Gasteiger partial charge in [-0.25, -0.2) is 0 Å². The molecule has 19 heavy (non-hydrogen) atoms. The van der Waals surface area contributed by atoms with Gasteiger partial charge in [0.15, 0.2) is 0 Å². The fourth-order valence-corrected chi connectivity index (χ4v) is 2.41. The minimum Gasteiger partial charge on any atom is -0.481 e. The minimum atomic E-state index is -0.872. The lowest BCUT2D eigenvalue weighted by atomic mass is 10.0. The predicted molar refractivity (Wildman–Crippen MR) is 73.3 cm³/mol. The van der Waals surface area contributed by atoms with E-state index in [0.29, 0.717) is 6.42 Å². The van der Waals surface area contributed by atoms with Crippen molar-refractivity contribution in [2.24, 2.45) is 11.8 Å². The first-order valence-corrected chi connectivity index (χ1v) is 6.41. The van der Waals surface area contributed by atoms with Crippen LogP contribution in [0.2, 0.25) is 0 Å². The van der Waals surface area contributed by atoms with E-state index in [0.717, 1.165) is 11.3 Å². The summed E-state index contributed by atoms with van der Waals surface area (Å²) in [6.07, 6.45) is 0.461. The zero-order valence-corrected chi connectivity index (χ0v) is 11.7. The van der Waals surface area contributed by atoms with Gasteiger partial charge in [-0.05, 0) is 49.9 Å². The van der Waals surface area contributed by atoms with Crippen LogP contribution in [0, 0.1) is 32.6 Å². The lowest BCUT2D eigenvalue weighted by molar-refractivity contribution is -0.139. The third-order valence-corrected chi connectivity index (χ3v) is 4.15. The largest absolute Gasteiger partial charge is 0.481 e. The summed E-state index contributed by atoms with van der Waals surface area (Å²) in [7, 11) is 1.72. The topological polar surface area (TPSA) is 57.6 Å². The Morgan fingerprint density at radius 1 is 1.16 bits per heavy atom. The summed E-state index contributed by atoms with van der Waals surface area (Å²) in [5, 5.41) is 8.89. The third-order valence-electron chi connectivity index (χ3n) is 4.15. The van der Waals surface area contributed by atoms with Crippen molar-refractivity contribution in [3.05, 3.63) is 28.8 Å². The number of anilines is 1. The molecule has 1 saturated carbocycles. The van der Waals surface area contributed by atoms with Gasteiger partial charge in [0.2, 0.25) is 5.91 Å². The molecule has 1 aromatic carbocycles. The quantitative estimate of drug-likeness (QED) is 0.908. The van der Waals surface area contributed by atoms with E-state index in [4.69, 9.17) is 5.11 Å². The van der Waals surface area contributed by atoms with Crippen molar-refractivity contribution in [2.45, 2.75) is 27.2 Å². The van der Waals surface area contributed by atoms with Gasteiger partial charge in [0.1, 0.15) is 0 Å². The van der Waals surface area contributed by atoms with Crippen molar-refractivity contribution in [1.82, 2.24) is 0 Å². The van der Waals surface area contributed by atoms with Gasteiger partial charge in [-0.2, -0.15) is 0 Å². The standard InChI is InChI=1S/C15H19NO3/c1-8-5-6-13(10(3)9(8)2)16(4)14(17)11-7-12(11)15(18)19/h5-6,11-12H,7H2,1-4H3,(H,18,19). The number of hydrogen-bond donors (Lipinski definition) is 1. The second-order valence-corrected chi connectivity index (χ2v) is 5.34. The zero-order chi connectivity index (χ0) is 14.3. The van der Waals surface area contributed by atoms with E-state index >= 15 is 0 Å². The Labute approximate surface area is 113 Å². The average Bonchev–Trinajstić information content (AvgIpc) is 3.15. The maximum Gasteiger partial charge on any atom is 0.307 e. The molecular weight excluding hydrogens is 242 g/mol. The number of carbonyl (C=O) groups is 2. The second kappa shape index (κ2) is 4.68. The van der Waals surface area contributed by atoms with Crippen molar-refractivity contribution in [3.8, 4) is 0 Å². The smallest absolute Gasteiger partial charge is 0.307 e. The molecule has 1 N–H and O–H groups in total. The van der Waals surface area contributed by atoms with E-state index in [-0.39, 0.29) is 11.8 Å². The maximum atomic E-state index is 12.2. The molecule has 2 unspecified atom stereocenters. The van der Waals surface area contributed by atoms with Crippen LogP contribution in [-0.4, -0.2) is 24.0 Å². The molecule has 2 rings (SSSR count). The van der Waals surface area contributed by atoms with E-state index in [1.807, 2.05) is 32.9 Å². The monoisotopic (exact) mass is 261 g/mol. The summed E-state index contributed by atoms with van der Waals surface area (Å²) in [6, 6.07) is 3.91. The predicted octanol–water partition coefficient (Wildman–Crippen LogP) is 2.30. The molecule has 0 heterocycles. The van der Waals surface area contributed by atoms with Crippen LogP contribution in [-0.2, 0) is 9.59 Å². The van der Waals surface area contributed by atoms with Crippen LogP contribution in [0.25, 0.3) is 0 Å². The summed E-state index contributed by atoms with van der Waals surface area (Å²) < 4.78 is 0. The highest BCUT2D eigenvalue weighted by atomic mass is 16.4. The molecule has 1 fully saturated rings. The van der Waals surface area contributed by atoms with Gasteiger partial charge in [0.25, 0.3) is 0 Å². The number of benzene rings is 1. The van der Waals surface area contributed by atoms with Gasteiger partial charge < -0.3 is 10.0 Å². The van der Waals surface area contributed by atoms with Crippen molar-refractivity contribution in [2.75, 3.05) is 11.9 Å². The Kier molecular flexibility index (Phi) is 3.35. The number of hydrogen-bond acceptors (Lipinski definition) is 2. The number of carbonyl (C=O) groups excluding carboxylic acids is 1. The molecule has 0 bridgehead atoms. The molecule has 0 aromatic heterocycles. The number of nitrogens with zero attached hydrogens (tertiary/aromatic N) is 1. The van der Waals surface area contributed by atoms with Gasteiger partial charge in [-0.3, -0.25) is 9.59 Å². The van der Waals surface area contributed by atoms with Gasteiger partial charge in [0.05, 0.1) is 11.8 Å². The van der Waals surface area contributed by atoms with Crippen LogP contribution < -0.4 is 4.90 Å². The van der Waals surface area contributed by atoms with E-state index in [1.54, 1.807) is 11.9 Å². The van der Waals surface area contributed by atoms with Crippen LogP contribution in [0.3, 0.4) is 0 Å². The first kappa shape index (κ1) is 13.6. The summed E-state index contributed by atoms with van der Waals surface area (Å²) in [5.74, 6) is -1.83. The fourth-order valence-electron chi connectivity index (χ4n) is 2.41. The van der Waals surface area contributed by atoms with Gasteiger partial charge in [0, 0.05) is 12.7 Å². The highest BCUT2D eigenvalue weighted by Crippen LogP contribution is 2.41. The number of rotatable bonds is 3. The Balaban J connectivity index is 2.21. The maximum absolute atomic E-state index is 12.2. The average molecular weight is 261 g/mol. The van der Waals surface area contributed by atoms with Crippen molar-refractivity contribution in [1.29, 1.82) is 0 Å². The second-order valence-electron chi connectivity index (χ2n) is 5.34. The highest BCUT2D eigenvalue weighted by Gasteiger charge is 2.49. The number of aliphatic carboxylic acids is 1. The number of carboxylic acids is 1. The molecular formula is C15H19NO3. The van der Waals surface area contributed by atoms with Crippen molar-refractivity contribution in [3.63, 3.8) is 0 Å². The molecule has 102 valence electrons. The molecule has 1 aliphatic carbocycles. The third kappa shape index (κ3) is 2.35. The molecule has 4 nitrogen and oxygen atoms in total. The van der Waals surface area contributed by atoms with Crippen LogP contribution in [0.4, 0.5) is 5.69 Å². The molecule has 0 radical (unpaired) electrons. The Hall–Kier alpha value is -1.84. The SMILES string of the molecule is Cc1ccc(N(C)C(=O)C2CC2C(=O)O)c(C)c1C. The molecule has 0 aliphatic heterocycles. The lowest BCUT2D eigenvalue weighted by Gasteiger charge is -2.21. The van der Waals surface area contributed by atoms with Crippen molar-refractivity contribution < 1.29 is 14.7 Å². The summed E-state index contributed by atoms with van der Waals surface area (Å²) in [5.41, 5.74) is 4.30. The number of aryl methyl sites for hydroxylation is 1. The minimum absolute atomic E-state index is 0.0984. The van der Waals surface area contributed by atoms with E-state index < -0.39 is 11.9 Å². The summed E-state index contributed by atoms with van der Waals surface area (Å²) in [6.45, 7) is 6.06. The summed E-state index contributed by atoms with van der Waals surface area (Å²) in [4.78, 5) is 24.7. The van der Waals surface area contributed by atoms with Gasteiger partial charge in [-0.15, -0.1) is 0 Å². The van der Waals surface area contributed by atoms with E-state index in [1.165, 1.54) is 11.1 Å². The van der Waals surface area contributed by atoms with E-state index in [2.05, 4.69) is 0 Å². The van der Waals surface area contributed by atoms with Crippen LogP contribution in [0.1, 0.15) is 23.1 Å². The van der Waals surface area contributed by atoms with Gasteiger partial charge >= 0.3 is 5.97 Å². The lowest BCUT2D eigenvalue weighted by Crippen LogP contribution is -2.29. The molecule has 0 spiro atoms. The van der Waals surface area contributed by atoms with Crippen LogP contribution >= 0.6 is 0 Å². The molecule has 1 amide bonds. The normalized spacial score (nSPS) is 21.1. The van der Waals surface area contributed by atoms with E-state index in [9.17, 15) is 9.59 Å². The zero-order valence-electron chi connectivity index (χ0n) is 11.7. The first-order valence-electron chi connectivity index (χ1n) is 6.41. The van der Waals surface area contributed by atoms with Crippen LogP contribution in [0.15, 0.2) is 12.1 Å². The highest BCUT2D eigenvalue weighted by molar-refractivity contribution is 6.00. The first-order chi connectivity index (χ1) is 8.84. The molecule has 0 saturated heterocycles. The van der Waals surface area contributed by atoms with Gasteiger partial charge in [-0.1, -0.05) is 6.07 Å². The number of amides is 1. The fraction of sp³-hybridized carbons (Fsp3) is 0.467. The molecule has 1 aliphatic rings. The summed E-state index contributed by atoms with van der Waals surface area (Å²) >= 11 is 0. The Bertz CT molecular complexity index is 551. The molecule has 4 heteroatoms. The van der Waals surface area contributed by atoms with Crippen molar-refractivity contribution >= 4 is 17.6 Å². The number of carboxylic acid groups (broad SMARTS) is 1. The Morgan fingerprint density at radius 3 is 2.32 bits per heavy atom. The Morgan fingerprint density at radius 2 is 1.79 bits per heavy atom. The molecule has 1 aromatic rings.